The van der Waals surface area contributed by atoms with Crippen molar-refractivity contribution in [1.29, 1.82) is 0 Å². The molecule has 1 unspecified atom stereocenters. The van der Waals surface area contributed by atoms with Crippen LogP contribution in [0.1, 0.15) is 36.3 Å². The number of aromatic nitrogens is 2. The summed E-state index contributed by atoms with van der Waals surface area (Å²) in [7, 11) is 0. The van der Waals surface area contributed by atoms with Crippen molar-refractivity contribution in [3.05, 3.63) is 52.3 Å². The van der Waals surface area contributed by atoms with Crippen LogP contribution < -0.4 is 10.6 Å². The third-order valence-electron chi connectivity index (χ3n) is 5.43. The van der Waals surface area contributed by atoms with E-state index in [1.165, 1.54) is 11.3 Å². The van der Waals surface area contributed by atoms with Crippen LogP contribution in [0.2, 0.25) is 5.02 Å². The minimum atomic E-state index is 0.174. The Bertz CT molecular complexity index is 846. The Morgan fingerprint density at radius 2 is 2.03 bits per heavy atom. The number of benzene rings is 1. The van der Waals surface area contributed by atoms with E-state index in [1.807, 2.05) is 25.1 Å². The van der Waals surface area contributed by atoms with Crippen LogP contribution in [0.4, 0.5) is 0 Å². The van der Waals surface area contributed by atoms with Crippen molar-refractivity contribution in [1.82, 2.24) is 25.3 Å². The van der Waals surface area contributed by atoms with E-state index in [0.29, 0.717) is 6.54 Å². The van der Waals surface area contributed by atoms with Crippen LogP contribution in [-0.2, 0) is 11.3 Å². The Kier molecular flexibility index (Phi) is 9.18. The number of halogens is 1. The molecule has 3 rings (SSSR count). The van der Waals surface area contributed by atoms with Gasteiger partial charge < -0.3 is 15.4 Å². The molecule has 0 spiro atoms. The molecule has 2 aromatic rings. The number of guanidine groups is 1. The summed E-state index contributed by atoms with van der Waals surface area (Å²) in [5.41, 5.74) is 3.46. The molecule has 0 amide bonds. The predicted octanol–water partition coefficient (Wildman–Crippen LogP) is 3.17. The highest BCUT2D eigenvalue weighted by atomic mass is 35.5. The van der Waals surface area contributed by atoms with Crippen molar-refractivity contribution in [2.24, 2.45) is 4.99 Å². The van der Waals surface area contributed by atoms with Crippen molar-refractivity contribution < 1.29 is 4.74 Å². The molecule has 2 heterocycles. The highest BCUT2D eigenvalue weighted by Crippen LogP contribution is 2.24. The zero-order valence-corrected chi connectivity index (χ0v) is 19.7. The van der Waals surface area contributed by atoms with Gasteiger partial charge in [0.15, 0.2) is 5.96 Å². The first-order valence-electron chi connectivity index (χ1n) is 11.2. The molecule has 1 fully saturated rings. The average Bonchev–Trinajstić information content (AvgIpc) is 3.09. The normalized spacial score (nSPS) is 16.3. The van der Waals surface area contributed by atoms with Gasteiger partial charge in [0, 0.05) is 43.4 Å². The lowest BCUT2D eigenvalue weighted by Gasteiger charge is -2.34. The van der Waals surface area contributed by atoms with Crippen molar-refractivity contribution in [2.75, 3.05) is 45.9 Å². The van der Waals surface area contributed by atoms with E-state index < -0.39 is 0 Å². The molecule has 1 aliphatic heterocycles. The van der Waals surface area contributed by atoms with E-state index in [-0.39, 0.29) is 6.04 Å². The van der Waals surface area contributed by atoms with Gasteiger partial charge in [-0.3, -0.25) is 14.6 Å². The zero-order valence-electron chi connectivity index (χ0n) is 18.9. The first-order valence-corrected chi connectivity index (χ1v) is 11.5. The number of morpholine rings is 1. The largest absolute Gasteiger partial charge is 0.379 e. The van der Waals surface area contributed by atoms with Crippen LogP contribution in [0, 0.1) is 13.8 Å². The maximum absolute atomic E-state index is 6.28. The lowest BCUT2D eigenvalue weighted by molar-refractivity contribution is 0.0180. The van der Waals surface area contributed by atoms with Crippen LogP contribution in [0.3, 0.4) is 0 Å². The molecule has 1 atom stereocenters. The second-order valence-corrected chi connectivity index (χ2v) is 8.31. The lowest BCUT2D eigenvalue weighted by atomic mass is 10.0. The topological polar surface area (TPSA) is 66.7 Å². The fourth-order valence-corrected chi connectivity index (χ4v) is 4.09. The smallest absolute Gasteiger partial charge is 0.191 e. The molecular formula is C23H35ClN6O. The summed E-state index contributed by atoms with van der Waals surface area (Å²) in [5.74, 6) is 0.844. The number of hydrogen-bond donors (Lipinski definition) is 2. The quantitative estimate of drug-likeness (QED) is 0.352. The van der Waals surface area contributed by atoms with Gasteiger partial charge in [-0.15, -0.1) is 0 Å². The third-order valence-corrected chi connectivity index (χ3v) is 5.66. The Morgan fingerprint density at radius 3 is 2.71 bits per heavy atom. The summed E-state index contributed by atoms with van der Waals surface area (Å²) in [6.07, 6.45) is 0.980. The standard InChI is InChI=1S/C23H35ClN6O/c1-4-25-23(26-9-6-10-30-19(3)15-18(2)28-30)27-17-22(29-11-13-31-14-12-29)20-7-5-8-21(24)16-20/h5,7-8,15-16,22H,4,6,9-14,17H2,1-3H3,(H2,25,26,27). The van der Waals surface area contributed by atoms with Gasteiger partial charge in [0.05, 0.1) is 31.5 Å². The van der Waals surface area contributed by atoms with Gasteiger partial charge in [-0.05, 0) is 51.0 Å². The van der Waals surface area contributed by atoms with Crippen LogP contribution >= 0.6 is 11.6 Å². The highest BCUT2D eigenvalue weighted by molar-refractivity contribution is 6.30. The molecule has 31 heavy (non-hydrogen) atoms. The molecule has 1 aromatic carbocycles. The van der Waals surface area contributed by atoms with Gasteiger partial charge in [-0.1, -0.05) is 23.7 Å². The SMILES string of the molecule is CCNC(=NCC(c1cccc(Cl)c1)N1CCOCC1)NCCCn1nc(C)cc1C. The summed E-state index contributed by atoms with van der Waals surface area (Å²) < 4.78 is 7.61. The maximum Gasteiger partial charge on any atom is 0.191 e. The molecular weight excluding hydrogens is 412 g/mol. The minimum absolute atomic E-state index is 0.174. The number of rotatable bonds is 9. The van der Waals surface area contributed by atoms with E-state index in [0.717, 1.165) is 69.0 Å². The first kappa shape index (κ1) is 23.6. The Labute approximate surface area is 190 Å². The van der Waals surface area contributed by atoms with Gasteiger partial charge in [0.25, 0.3) is 0 Å². The summed E-state index contributed by atoms with van der Waals surface area (Å²) in [5, 5.41) is 12.1. The molecule has 7 nitrogen and oxygen atoms in total. The minimum Gasteiger partial charge on any atom is -0.379 e. The highest BCUT2D eigenvalue weighted by Gasteiger charge is 2.22. The van der Waals surface area contributed by atoms with Gasteiger partial charge in [0.2, 0.25) is 0 Å². The van der Waals surface area contributed by atoms with E-state index >= 15 is 0 Å². The van der Waals surface area contributed by atoms with Crippen LogP contribution in [0.5, 0.6) is 0 Å². The molecule has 8 heteroatoms. The second-order valence-electron chi connectivity index (χ2n) is 7.87. The van der Waals surface area contributed by atoms with Gasteiger partial charge in [0.1, 0.15) is 0 Å². The molecule has 0 bridgehead atoms. The lowest BCUT2D eigenvalue weighted by Crippen LogP contribution is -2.42. The number of aryl methyl sites for hydroxylation is 3. The maximum atomic E-state index is 6.28. The number of nitrogens with one attached hydrogen (secondary N) is 2. The second kappa shape index (κ2) is 12.1. The molecule has 1 aromatic heterocycles. The molecule has 1 aliphatic rings. The number of ether oxygens (including phenoxy) is 1. The van der Waals surface area contributed by atoms with Gasteiger partial charge in [-0.25, -0.2) is 0 Å². The first-order chi connectivity index (χ1) is 15.1. The van der Waals surface area contributed by atoms with Gasteiger partial charge >= 0.3 is 0 Å². The van der Waals surface area contributed by atoms with Crippen molar-refractivity contribution in [3.63, 3.8) is 0 Å². The Hall–Kier alpha value is -2.09. The molecule has 1 saturated heterocycles. The molecule has 0 saturated carbocycles. The van der Waals surface area contributed by atoms with Crippen LogP contribution in [-0.4, -0.2) is 66.6 Å². The monoisotopic (exact) mass is 446 g/mol. The van der Waals surface area contributed by atoms with E-state index in [9.17, 15) is 0 Å². The van der Waals surface area contributed by atoms with Crippen LogP contribution in [0.15, 0.2) is 35.3 Å². The third kappa shape index (κ3) is 7.23. The zero-order chi connectivity index (χ0) is 22.1. The van der Waals surface area contributed by atoms with Crippen molar-refractivity contribution in [3.8, 4) is 0 Å². The number of nitrogens with zero attached hydrogens (tertiary/aromatic N) is 4. The number of aliphatic imine (C=N–C) groups is 1. The summed E-state index contributed by atoms with van der Waals surface area (Å²) >= 11 is 6.28. The fourth-order valence-electron chi connectivity index (χ4n) is 3.89. The summed E-state index contributed by atoms with van der Waals surface area (Å²) in [6, 6.07) is 10.4. The average molecular weight is 447 g/mol. The Morgan fingerprint density at radius 1 is 1.23 bits per heavy atom. The van der Waals surface area contributed by atoms with Crippen molar-refractivity contribution in [2.45, 2.75) is 39.8 Å². The van der Waals surface area contributed by atoms with Crippen LogP contribution in [0.25, 0.3) is 0 Å². The van der Waals surface area contributed by atoms with E-state index in [1.54, 1.807) is 0 Å². The van der Waals surface area contributed by atoms with E-state index in [2.05, 4.69) is 51.3 Å². The fraction of sp³-hybridized carbons (Fsp3) is 0.565. The predicted molar refractivity (Wildman–Crippen MR) is 127 cm³/mol. The molecule has 2 N–H and O–H groups in total. The molecule has 170 valence electrons. The van der Waals surface area contributed by atoms with Gasteiger partial charge in [-0.2, -0.15) is 5.10 Å². The number of hydrogen-bond acceptors (Lipinski definition) is 4. The summed E-state index contributed by atoms with van der Waals surface area (Å²) in [6.45, 7) is 12.7. The van der Waals surface area contributed by atoms with E-state index in [4.69, 9.17) is 21.3 Å². The summed E-state index contributed by atoms with van der Waals surface area (Å²) in [4.78, 5) is 7.34. The van der Waals surface area contributed by atoms with Crippen molar-refractivity contribution >= 4 is 17.6 Å². The molecule has 0 aliphatic carbocycles. The Balaban J connectivity index is 1.61. The molecule has 0 radical (unpaired) electrons.